The molecule has 0 aromatic heterocycles. The van der Waals surface area contributed by atoms with Crippen LogP contribution in [0.4, 0.5) is 0 Å². The Labute approximate surface area is 114 Å². The number of carboxylic acid groups (broad SMARTS) is 1. The minimum absolute atomic E-state index is 0.235. The molecule has 2 heterocycles. The molecular weight excluding hydrogens is 246 g/mol. The Hall–Kier alpha value is -0.220. The Bertz CT molecular complexity index is 332. The van der Waals surface area contributed by atoms with Crippen molar-refractivity contribution in [1.29, 1.82) is 0 Å². The third-order valence-corrected chi connectivity index (χ3v) is 5.90. The molecule has 2 saturated heterocycles. The van der Waals surface area contributed by atoms with E-state index in [1.54, 1.807) is 0 Å². The van der Waals surface area contributed by atoms with Gasteiger partial charge in [-0.15, -0.1) is 0 Å². The standard InChI is InChI=1S/C14H25NO2S/c1-13(2)7-9-18-10-11(13)15-8-5-4-6-14(15,3)12(16)17/h11H,4-10H2,1-3H3,(H,16,17). The van der Waals surface area contributed by atoms with Crippen LogP contribution in [0.3, 0.4) is 0 Å². The van der Waals surface area contributed by atoms with E-state index in [0.717, 1.165) is 31.6 Å². The van der Waals surface area contributed by atoms with Crippen LogP contribution in [0.5, 0.6) is 0 Å². The fourth-order valence-electron chi connectivity index (χ4n) is 3.31. The van der Waals surface area contributed by atoms with Crippen LogP contribution in [0.25, 0.3) is 0 Å². The summed E-state index contributed by atoms with van der Waals surface area (Å²) < 4.78 is 0. The molecule has 2 aliphatic rings. The summed E-state index contributed by atoms with van der Waals surface area (Å²) in [5, 5.41) is 9.62. The van der Waals surface area contributed by atoms with E-state index >= 15 is 0 Å². The average molecular weight is 271 g/mol. The first-order valence-electron chi connectivity index (χ1n) is 6.96. The normalized spacial score (nSPS) is 37.4. The summed E-state index contributed by atoms with van der Waals surface area (Å²) in [5.41, 5.74) is -0.419. The van der Waals surface area contributed by atoms with Gasteiger partial charge in [0.25, 0.3) is 0 Å². The van der Waals surface area contributed by atoms with E-state index in [9.17, 15) is 9.90 Å². The molecule has 0 radical (unpaired) electrons. The predicted octanol–water partition coefficient (Wildman–Crippen LogP) is 2.85. The van der Waals surface area contributed by atoms with Gasteiger partial charge in [-0.1, -0.05) is 13.8 Å². The molecule has 2 unspecified atom stereocenters. The first-order chi connectivity index (χ1) is 8.38. The quantitative estimate of drug-likeness (QED) is 0.838. The van der Waals surface area contributed by atoms with Crippen LogP contribution >= 0.6 is 11.8 Å². The number of piperidine rings is 1. The van der Waals surface area contributed by atoms with Gasteiger partial charge in [0.2, 0.25) is 0 Å². The number of thioether (sulfide) groups is 1. The average Bonchev–Trinajstić information content (AvgIpc) is 2.30. The molecule has 104 valence electrons. The molecule has 0 aromatic rings. The summed E-state index contributed by atoms with van der Waals surface area (Å²) in [6.45, 7) is 7.46. The first-order valence-corrected chi connectivity index (χ1v) is 8.11. The maximum absolute atomic E-state index is 11.7. The number of carbonyl (C=O) groups is 1. The summed E-state index contributed by atoms with van der Waals surface area (Å²) in [6, 6.07) is 0.401. The van der Waals surface area contributed by atoms with Crippen molar-refractivity contribution in [3.8, 4) is 0 Å². The van der Waals surface area contributed by atoms with Gasteiger partial charge in [0.05, 0.1) is 0 Å². The second kappa shape index (κ2) is 5.04. The van der Waals surface area contributed by atoms with E-state index in [1.807, 2.05) is 18.7 Å². The van der Waals surface area contributed by atoms with Gasteiger partial charge in [-0.25, -0.2) is 0 Å². The molecule has 3 nitrogen and oxygen atoms in total. The molecule has 2 atom stereocenters. The number of aliphatic carboxylic acids is 1. The lowest BCUT2D eigenvalue weighted by Crippen LogP contribution is -2.63. The van der Waals surface area contributed by atoms with Gasteiger partial charge in [-0.2, -0.15) is 11.8 Å². The van der Waals surface area contributed by atoms with E-state index in [1.165, 1.54) is 12.2 Å². The van der Waals surface area contributed by atoms with Crippen molar-refractivity contribution in [1.82, 2.24) is 4.90 Å². The highest BCUT2D eigenvalue weighted by Gasteiger charge is 2.48. The van der Waals surface area contributed by atoms with Crippen molar-refractivity contribution in [2.75, 3.05) is 18.1 Å². The molecule has 0 aliphatic carbocycles. The van der Waals surface area contributed by atoms with Crippen LogP contribution in [0.15, 0.2) is 0 Å². The number of likely N-dealkylation sites (tertiary alicyclic amines) is 1. The van der Waals surface area contributed by atoms with E-state index in [4.69, 9.17) is 0 Å². The zero-order chi connectivity index (χ0) is 13.4. The molecular formula is C14H25NO2S. The maximum Gasteiger partial charge on any atom is 0.323 e. The van der Waals surface area contributed by atoms with E-state index in [-0.39, 0.29) is 5.41 Å². The van der Waals surface area contributed by atoms with E-state index in [2.05, 4.69) is 18.7 Å². The molecule has 0 aromatic carbocycles. The van der Waals surface area contributed by atoms with Crippen LogP contribution < -0.4 is 0 Å². The minimum atomic E-state index is -0.655. The SMILES string of the molecule is CC1(C)CCSCC1N1CCCCC1(C)C(=O)O. The highest BCUT2D eigenvalue weighted by atomic mass is 32.2. The van der Waals surface area contributed by atoms with Crippen molar-refractivity contribution >= 4 is 17.7 Å². The van der Waals surface area contributed by atoms with Gasteiger partial charge >= 0.3 is 5.97 Å². The third kappa shape index (κ3) is 2.42. The predicted molar refractivity (Wildman–Crippen MR) is 76.1 cm³/mol. The molecule has 2 rings (SSSR count). The second-order valence-corrected chi connectivity index (χ2v) is 7.71. The third-order valence-electron chi connectivity index (χ3n) is 4.85. The van der Waals surface area contributed by atoms with E-state index in [0.29, 0.717) is 6.04 Å². The summed E-state index contributed by atoms with van der Waals surface area (Å²) in [5.74, 6) is 1.64. The monoisotopic (exact) mass is 271 g/mol. The van der Waals surface area contributed by atoms with Gasteiger partial charge in [0, 0.05) is 11.8 Å². The fraction of sp³-hybridized carbons (Fsp3) is 0.929. The van der Waals surface area contributed by atoms with Crippen molar-refractivity contribution in [3.05, 3.63) is 0 Å². The number of carboxylic acids is 1. The van der Waals surface area contributed by atoms with Crippen molar-refractivity contribution in [2.24, 2.45) is 5.41 Å². The van der Waals surface area contributed by atoms with Gasteiger partial charge in [0.15, 0.2) is 0 Å². The Kier molecular flexibility index (Phi) is 3.98. The van der Waals surface area contributed by atoms with Crippen LogP contribution in [-0.2, 0) is 4.79 Å². The van der Waals surface area contributed by atoms with Crippen molar-refractivity contribution < 1.29 is 9.90 Å². The highest BCUT2D eigenvalue weighted by molar-refractivity contribution is 7.99. The van der Waals surface area contributed by atoms with Crippen LogP contribution in [-0.4, -0.2) is 45.6 Å². The second-order valence-electron chi connectivity index (χ2n) is 6.56. The highest BCUT2D eigenvalue weighted by Crippen LogP contribution is 2.42. The largest absolute Gasteiger partial charge is 0.480 e. The zero-order valence-corrected chi connectivity index (χ0v) is 12.6. The first kappa shape index (κ1) is 14.2. The number of rotatable bonds is 2. The van der Waals surface area contributed by atoms with Crippen LogP contribution in [0, 0.1) is 5.41 Å². The molecule has 0 spiro atoms. The number of nitrogens with zero attached hydrogens (tertiary/aromatic N) is 1. The molecule has 1 N–H and O–H groups in total. The smallest absolute Gasteiger partial charge is 0.323 e. The van der Waals surface area contributed by atoms with Gasteiger partial charge < -0.3 is 5.11 Å². The summed E-state index contributed by atoms with van der Waals surface area (Å²) in [4.78, 5) is 14.0. The molecule has 18 heavy (non-hydrogen) atoms. The van der Waals surface area contributed by atoms with Crippen LogP contribution in [0.2, 0.25) is 0 Å². The lowest BCUT2D eigenvalue weighted by molar-refractivity contribution is -0.157. The zero-order valence-electron chi connectivity index (χ0n) is 11.7. The topological polar surface area (TPSA) is 40.5 Å². The maximum atomic E-state index is 11.7. The van der Waals surface area contributed by atoms with Gasteiger partial charge in [-0.05, 0) is 50.3 Å². The van der Waals surface area contributed by atoms with Gasteiger partial charge in [0.1, 0.15) is 5.54 Å². The molecule has 0 amide bonds. The minimum Gasteiger partial charge on any atom is -0.480 e. The lowest BCUT2D eigenvalue weighted by Gasteiger charge is -2.52. The molecule has 2 aliphatic heterocycles. The Balaban J connectivity index is 2.25. The van der Waals surface area contributed by atoms with Crippen LogP contribution in [0.1, 0.15) is 46.5 Å². The van der Waals surface area contributed by atoms with Gasteiger partial charge in [-0.3, -0.25) is 9.69 Å². The Morgan fingerprint density at radius 3 is 2.61 bits per heavy atom. The Morgan fingerprint density at radius 1 is 1.28 bits per heavy atom. The summed E-state index contributed by atoms with van der Waals surface area (Å²) >= 11 is 1.98. The summed E-state index contributed by atoms with van der Waals surface area (Å²) in [6.07, 6.45) is 4.16. The fourth-order valence-corrected chi connectivity index (χ4v) is 5.00. The van der Waals surface area contributed by atoms with Crippen molar-refractivity contribution in [2.45, 2.75) is 58.0 Å². The molecule has 0 bridgehead atoms. The lowest BCUT2D eigenvalue weighted by atomic mass is 9.77. The molecule has 2 fully saturated rings. The summed E-state index contributed by atoms with van der Waals surface area (Å²) in [7, 11) is 0. The number of hydrogen-bond donors (Lipinski definition) is 1. The van der Waals surface area contributed by atoms with E-state index < -0.39 is 11.5 Å². The molecule has 0 saturated carbocycles. The molecule has 4 heteroatoms. The Morgan fingerprint density at radius 2 is 2.00 bits per heavy atom. The van der Waals surface area contributed by atoms with Crippen molar-refractivity contribution in [3.63, 3.8) is 0 Å². The number of hydrogen-bond acceptors (Lipinski definition) is 3.